The molecule has 0 radical (unpaired) electrons. The van der Waals surface area contributed by atoms with E-state index < -0.39 is 0 Å². The number of carbonyl (C=O) groups excluding carboxylic acids is 1. The summed E-state index contributed by atoms with van der Waals surface area (Å²) in [4.78, 5) is 16.1. The number of halogens is 1. The monoisotopic (exact) mass is 341 g/mol. The van der Waals surface area contributed by atoms with Crippen molar-refractivity contribution >= 4 is 17.4 Å². The molecule has 0 unspecified atom stereocenters. The molecule has 1 N–H and O–H groups in total. The molecule has 0 saturated carbocycles. The van der Waals surface area contributed by atoms with Gasteiger partial charge in [-0.1, -0.05) is 6.08 Å². The van der Waals surface area contributed by atoms with Crippen LogP contribution in [0.5, 0.6) is 0 Å². The van der Waals surface area contributed by atoms with E-state index >= 15 is 0 Å². The van der Waals surface area contributed by atoms with E-state index in [-0.39, 0.29) is 17.4 Å². The van der Waals surface area contributed by atoms with Crippen LogP contribution < -0.4 is 15.1 Å². The summed E-state index contributed by atoms with van der Waals surface area (Å²) in [7, 11) is 0. The molecule has 1 aliphatic heterocycles. The lowest BCUT2D eigenvalue weighted by Gasteiger charge is -2.36. The molecule has 1 fully saturated rings. The molecule has 0 spiro atoms. The molecule has 1 aliphatic rings. The summed E-state index contributed by atoms with van der Waals surface area (Å²) in [6.07, 6.45) is 1.61. The summed E-state index contributed by atoms with van der Waals surface area (Å²) in [6.45, 7) is 7.15. The van der Waals surface area contributed by atoms with E-state index in [0.29, 0.717) is 6.54 Å². The third-order valence-corrected chi connectivity index (χ3v) is 4.09. The van der Waals surface area contributed by atoms with Gasteiger partial charge in [0, 0.05) is 38.4 Å². The zero-order valence-corrected chi connectivity index (χ0v) is 13.9. The first-order valence-corrected chi connectivity index (χ1v) is 8.15. The lowest BCUT2D eigenvalue weighted by Crippen LogP contribution is -2.47. The van der Waals surface area contributed by atoms with Crippen LogP contribution in [-0.4, -0.2) is 48.8 Å². The maximum absolute atomic E-state index is 13.0. The number of benzene rings is 1. The van der Waals surface area contributed by atoms with Crippen molar-refractivity contribution < 1.29 is 9.18 Å². The first-order chi connectivity index (χ1) is 12.2. The number of anilines is 2. The van der Waals surface area contributed by atoms with E-state index in [2.05, 4.69) is 31.9 Å². The Labute approximate surface area is 146 Å². The molecule has 7 heteroatoms. The average molecular weight is 341 g/mol. The summed E-state index contributed by atoms with van der Waals surface area (Å²) in [5, 5.41) is 10.8. The largest absolute Gasteiger partial charge is 0.368 e. The topological polar surface area (TPSA) is 61.4 Å². The molecule has 130 valence electrons. The van der Waals surface area contributed by atoms with Gasteiger partial charge in [0.05, 0.1) is 0 Å². The number of piperazine rings is 1. The Morgan fingerprint density at radius 3 is 2.36 bits per heavy atom. The standard InChI is InChI=1S/C18H20FN5O/c1-2-9-20-18(25)16-7-8-17(22-21-16)24-12-10-23(11-13-24)15-5-3-14(19)4-6-15/h2-8H,1,9-13H2,(H,20,25). The second-order valence-corrected chi connectivity index (χ2v) is 5.73. The van der Waals surface area contributed by atoms with Gasteiger partial charge in [-0.05, 0) is 36.4 Å². The molecule has 1 saturated heterocycles. The van der Waals surface area contributed by atoms with Gasteiger partial charge in [-0.25, -0.2) is 4.39 Å². The first-order valence-electron chi connectivity index (χ1n) is 8.15. The molecule has 0 atom stereocenters. The van der Waals surface area contributed by atoms with Crippen LogP contribution in [0.1, 0.15) is 10.5 Å². The van der Waals surface area contributed by atoms with Crippen molar-refractivity contribution in [3.63, 3.8) is 0 Å². The molecule has 1 amide bonds. The number of hydrogen-bond donors (Lipinski definition) is 1. The lowest BCUT2D eigenvalue weighted by atomic mass is 10.2. The quantitative estimate of drug-likeness (QED) is 0.841. The number of rotatable bonds is 5. The molecule has 2 aromatic rings. The summed E-state index contributed by atoms with van der Waals surface area (Å²) >= 11 is 0. The Morgan fingerprint density at radius 1 is 1.08 bits per heavy atom. The molecule has 1 aromatic carbocycles. The van der Waals surface area contributed by atoms with Crippen molar-refractivity contribution in [2.45, 2.75) is 0 Å². The van der Waals surface area contributed by atoms with Crippen molar-refractivity contribution in [3.05, 3.63) is 60.6 Å². The molecular formula is C18H20FN5O. The van der Waals surface area contributed by atoms with Gasteiger partial charge in [0.1, 0.15) is 5.82 Å². The summed E-state index contributed by atoms with van der Waals surface area (Å²) in [6, 6.07) is 10.0. The molecular weight excluding hydrogens is 321 g/mol. The van der Waals surface area contributed by atoms with Gasteiger partial charge in [-0.3, -0.25) is 4.79 Å². The number of hydrogen-bond acceptors (Lipinski definition) is 5. The predicted octanol–water partition coefficient (Wildman–Crippen LogP) is 1.86. The minimum Gasteiger partial charge on any atom is -0.368 e. The summed E-state index contributed by atoms with van der Waals surface area (Å²) in [5.41, 5.74) is 1.30. The minimum absolute atomic E-state index is 0.227. The highest BCUT2D eigenvalue weighted by atomic mass is 19.1. The van der Waals surface area contributed by atoms with Gasteiger partial charge in [0.2, 0.25) is 0 Å². The maximum atomic E-state index is 13.0. The molecule has 6 nitrogen and oxygen atoms in total. The van der Waals surface area contributed by atoms with Crippen LogP contribution in [0, 0.1) is 5.82 Å². The van der Waals surface area contributed by atoms with Crippen molar-refractivity contribution in [3.8, 4) is 0 Å². The van der Waals surface area contributed by atoms with Crippen molar-refractivity contribution in [2.24, 2.45) is 0 Å². The fourth-order valence-electron chi connectivity index (χ4n) is 2.72. The average Bonchev–Trinajstić information content (AvgIpc) is 2.67. The molecule has 0 bridgehead atoms. The molecule has 0 aliphatic carbocycles. The highest BCUT2D eigenvalue weighted by Crippen LogP contribution is 2.19. The third-order valence-electron chi connectivity index (χ3n) is 4.09. The van der Waals surface area contributed by atoms with E-state index in [1.54, 1.807) is 24.3 Å². The Bertz CT molecular complexity index is 724. The van der Waals surface area contributed by atoms with Crippen LogP contribution in [0.25, 0.3) is 0 Å². The highest BCUT2D eigenvalue weighted by Gasteiger charge is 2.19. The van der Waals surface area contributed by atoms with E-state index in [1.807, 2.05) is 6.07 Å². The first kappa shape index (κ1) is 16.9. The van der Waals surface area contributed by atoms with E-state index in [9.17, 15) is 9.18 Å². The van der Waals surface area contributed by atoms with Gasteiger partial charge in [0.15, 0.2) is 11.5 Å². The Balaban J connectivity index is 1.58. The fourth-order valence-corrected chi connectivity index (χ4v) is 2.72. The van der Waals surface area contributed by atoms with Gasteiger partial charge >= 0.3 is 0 Å². The lowest BCUT2D eigenvalue weighted by molar-refractivity contribution is 0.0952. The van der Waals surface area contributed by atoms with Crippen LogP contribution in [0.3, 0.4) is 0 Å². The van der Waals surface area contributed by atoms with Crippen LogP contribution in [0.4, 0.5) is 15.9 Å². The SMILES string of the molecule is C=CCNC(=O)c1ccc(N2CCN(c3ccc(F)cc3)CC2)nn1. The smallest absolute Gasteiger partial charge is 0.272 e. The normalized spacial score (nSPS) is 14.3. The zero-order valence-electron chi connectivity index (χ0n) is 13.9. The maximum Gasteiger partial charge on any atom is 0.272 e. The number of nitrogens with one attached hydrogen (secondary N) is 1. The predicted molar refractivity (Wildman–Crippen MR) is 95.4 cm³/mol. The molecule has 3 rings (SSSR count). The number of carbonyl (C=O) groups is 1. The van der Waals surface area contributed by atoms with Gasteiger partial charge in [-0.15, -0.1) is 16.8 Å². The van der Waals surface area contributed by atoms with Crippen LogP contribution in [0.2, 0.25) is 0 Å². The van der Waals surface area contributed by atoms with E-state index in [1.165, 1.54) is 12.1 Å². The Kier molecular flexibility index (Phi) is 5.23. The minimum atomic E-state index is -0.264. The van der Waals surface area contributed by atoms with E-state index in [4.69, 9.17) is 0 Å². The van der Waals surface area contributed by atoms with Crippen molar-refractivity contribution in [2.75, 3.05) is 42.5 Å². The fraction of sp³-hybridized carbons (Fsp3) is 0.278. The van der Waals surface area contributed by atoms with E-state index in [0.717, 1.165) is 37.7 Å². The second kappa shape index (κ2) is 7.74. The third kappa shape index (κ3) is 4.12. The van der Waals surface area contributed by atoms with Crippen LogP contribution in [0.15, 0.2) is 49.1 Å². The van der Waals surface area contributed by atoms with Gasteiger partial charge in [-0.2, -0.15) is 0 Å². The number of nitrogens with zero attached hydrogens (tertiary/aromatic N) is 4. The Hall–Kier alpha value is -2.96. The number of amides is 1. The van der Waals surface area contributed by atoms with Crippen molar-refractivity contribution in [1.29, 1.82) is 0 Å². The Morgan fingerprint density at radius 2 is 1.76 bits per heavy atom. The highest BCUT2D eigenvalue weighted by molar-refractivity contribution is 5.92. The van der Waals surface area contributed by atoms with Crippen LogP contribution >= 0.6 is 0 Å². The summed E-state index contributed by atoms with van der Waals surface area (Å²) in [5.74, 6) is 0.258. The molecule has 2 heterocycles. The molecule has 1 aromatic heterocycles. The van der Waals surface area contributed by atoms with Crippen LogP contribution in [-0.2, 0) is 0 Å². The summed E-state index contributed by atoms with van der Waals surface area (Å²) < 4.78 is 13.0. The molecule has 25 heavy (non-hydrogen) atoms. The van der Waals surface area contributed by atoms with Gasteiger partial charge < -0.3 is 15.1 Å². The number of aromatic nitrogens is 2. The van der Waals surface area contributed by atoms with Crippen molar-refractivity contribution in [1.82, 2.24) is 15.5 Å². The van der Waals surface area contributed by atoms with Gasteiger partial charge in [0.25, 0.3) is 5.91 Å². The zero-order chi connectivity index (χ0) is 17.6. The second-order valence-electron chi connectivity index (χ2n) is 5.73.